The van der Waals surface area contributed by atoms with E-state index in [9.17, 15) is 4.39 Å². The highest BCUT2D eigenvalue weighted by Crippen LogP contribution is 2.21. The second-order valence-corrected chi connectivity index (χ2v) is 7.15. The van der Waals surface area contributed by atoms with Gasteiger partial charge in [-0.05, 0) is 64.0 Å². The van der Waals surface area contributed by atoms with E-state index in [0.717, 1.165) is 44.7 Å². The van der Waals surface area contributed by atoms with Crippen molar-refractivity contribution in [1.82, 2.24) is 10.2 Å². The molecule has 5 heteroatoms. The number of hydrogen-bond donors (Lipinski definition) is 1. The molecular formula is C19H29FN2O2. The van der Waals surface area contributed by atoms with E-state index in [2.05, 4.69) is 24.1 Å². The monoisotopic (exact) mass is 336 g/mol. The SMILES string of the molecule is CC(C)N1CCC(N[C@@H]2COCC[C@@H]2Oc2ccc(F)cc2)CC1. The van der Waals surface area contributed by atoms with Crippen LogP contribution in [0.15, 0.2) is 24.3 Å². The molecule has 0 amide bonds. The molecule has 2 saturated heterocycles. The van der Waals surface area contributed by atoms with Crippen LogP contribution in [0.1, 0.15) is 33.1 Å². The summed E-state index contributed by atoms with van der Waals surface area (Å²) in [6.07, 6.45) is 3.27. The molecule has 2 atom stereocenters. The van der Waals surface area contributed by atoms with E-state index in [1.807, 2.05) is 0 Å². The van der Waals surface area contributed by atoms with Crippen LogP contribution in [0.3, 0.4) is 0 Å². The van der Waals surface area contributed by atoms with Crippen molar-refractivity contribution >= 4 is 0 Å². The first kappa shape index (κ1) is 17.6. The Morgan fingerprint density at radius 3 is 2.54 bits per heavy atom. The van der Waals surface area contributed by atoms with E-state index in [1.54, 1.807) is 12.1 Å². The lowest BCUT2D eigenvalue weighted by molar-refractivity contribution is -0.0108. The van der Waals surface area contributed by atoms with E-state index >= 15 is 0 Å². The van der Waals surface area contributed by atoms with Crippen molar-refractivity contribution in [3.05, 3.63) is 30.1 Å². The Morgan fingerprint density at radius 2 is 1.88 bits per heavy atom. The second-order valence-electron chi connectivity index (χ2n) is 7.15. The Hall–Kier alpha value is -1.17. The van der Waals surface area contributed by atoms with Crippen LogP contribution < -0.4 is 10.1 Å². The molecule has 2 fully saturated rings. The fourth-order valence-electron chi connectivity index (χ4n) is 3.59. The number of benzene rings is 1. The third-order valence-corrected chi connectivity index (χ3v) is 5.10. The second kappa shape index (κ2) is 8.28. The molecule has 1 aromatic carbocycles. The highest BCUT2D eigenvalue weighted by Gasteiger charge is 2.31. The predicted molar refractivity (Wildman–Crippen MR) is 92.9 cm³/mol. The van der Waals surface area contributed by atoms with Crippen LogP contribution in [0.25, 0.3) is 0 Å². The van der Waals surface area contributed by atoms with Gasteiger partial charge in [0.15, 0.2) is 0 Å². The fraction of sp³-hybridized carbons (Fsp3) is 0.684. The van der Waals surface area contributed by atoms with Gasteiger partial charge in [-0.3, -0.25) is 0 Å². The van der Waals surface area contributed by atoms with Gasteiger partial charge in [0.1, 0.15) is 17.7 Å². The molecule has 0 spiro atoms. The Bertz CT molecular complexity index is 501. The lowest BCUT2D eigenvalue weighted by Crippen LogP contribution is -2.55. The van der Waals surface area contributed by atoms with E-state index < -0.39 is 0 Å². The number of piperidine rings is 1. The largest absolute Gasteiger partial charge is 0.489 e. The van der Waals surface area contributed by atoms with Gasteiger partial charge >= 0.3 is 0 Å². The lowest BCUT2D eigenvalue weighted by Gasteiger charge is -2.39. The minimum atomic E-state index is -0.235. The summed E-state index contributed by atoms with van der Waals surface area (Å²) < 4.78 is 24.8. The zero-order chi connectivity index (χ0) is 16.9. The van der Waals surface area contributed by atoms with Gasteiger partial charge < -0.3 is 19.7 Å². The topological polar surface area (TPSA) is 33.7 Å². The van der Waals surface area contributed by atoms with Crippen LogP contribution in [0, 0.1) is 5.82 Å². The molecule has 4 nitrogen and oxygen atoms in total. The number of halogens is 1. The highest BCUT2D eigenvalue weighted by molar-refractivity contribution is 5.22. The van der Waals surface area contributed by atoms with Crippen LogP contribution in [0.5, 0.6) is 5.75 Å². The van der Waals surface area contributed by atoms with E-state index in [0.29, 0.717) is 18.7 Å². The zero-order valence-electron chi connectivity index (χ0n) is 14.7. The first-order valence-electron chi connectivity index (χ1n) is 9.12. The molecule has 1 aromatic rings. The number of likely N-dealkylation sites (tertiary alicyclic amines) is 1. The summed E-state index contributed by atoms with van der Waals surface area (Å²) in [6.45, 7) is 8.20. The van der Waals surface area contributed by atoms with Crippen molar-refractivity contribution in [1.29, 1.82) is 0 Å². The normalized spacial score (nSPS) is 26.7. The molecule has 1 N–H and O–H groups in total. The highest BCUT2D eigenvalue weighted by atomic mass is 19.1. The summed E-state index contributed by atoms with van der Waals surface area (Å²) in [6, 6.07) is 7.62. The maximum atomic E-state index is 13.0. The standard InChI is InChI=1S/C19H29FN2O2/c1-14(2)22-10-7-16(8-11-22)21-18-13-23-12-9-19(18)24-17-5-3-15(20)4-6-17/h3-6,14,16,18-19,21H,7-13H2,1-2H3/t18-,19+/m1/s1. The Balaban J connectivity index is 1.54. The molecule has 0 aromatic heterocycles. The van der Waals surface area contributed by atoms with Crippen molar-refractivity contribution in [2.45, 2.75) is 57.3 Å². The summed E-state index contributed by atoms with van der Waals surface area (Å²) in [5.41, 5.74) is 0. The molecule has 2 aliphatic rings. The average molecular weight is 336 g/mol. The van der Waals surface area contributed by atoms with Crippen LogP contribution in [0.2, 0.25) is 0 Å². The average Bonchev–Trinajstić information content (AvgIpc) is 2.59. The number of ether oxygens (including phenoxy) is 2. The first-order chi connectivity index (χ1) is 11.6. The predicted octanol–water partition coefficient (Wildman–Crippen LogP) is 2.82. The van der Waals surface area contributed by atoms with Crippen molar-refractivity contribution < 1.29 is 13.9 Å². The van der Waals surface area contributed by atoms with Gasteiger partial charge in [0.2, 0.25) is 0 Å². The maximum Gasteiger partial charge on any atom is 0.123 e. The summed E-state index contributed by atoms with van der Waals surface area (Å²) in [7, 11) is 0. The number of nitrogens with one attached hydrogen (secondary N) is 1. The van der Waals surface area contributed by atoms with Crippen LogP contribution >= 0.6 is 0 Å². The van der Waals surface area contributed by atoms with Crippen molar-refractivity contribution in [3.63, 3.8) is 0 Å². The van der Waals surface area contributed by atoms with E-state index in [4.69, 9.17) is 9.47 Å². The van der Waals surface area contributed by atoms with Gasteiger partial charge in [-0.25, -0.2) is 4.39 Å². The van der Waals surface area contributed by atoms with Crippen LogP contribution in [0.4, 0.5) is 4.39 Å². The summed E-state index contributed by atoms with van der Waals surface area (Å²) >= 11 is 0. The fourth-order valence-corrected chi connectivity index (χ4v) is 3.59. The molecule has 2 aliphatic heterocycles. The van der Waals surface area contributed by atoms with E-state index in [1.165, 1.54) is 12.1 Å². The smallest absolute Gasteiger partial charge is 0.123 e. The van der Waals surface area contributed by atoms with Crippen LogP contribution in [-0.2, 0) is 4.74 Å². The molecule has 2 heterocycles. The third kappa shape index (κ3) is 4.68. The zero-order valence-corrected chi connectivity index (χ0v) is 14.7. The molecule has 24 heavy (non-hydrogen) atoms. The number of rotatable bonds is 5. The minimum Gasteiger partial charge on any atom is -0.489 e. The van der Waals surface area contributed by atoms with Gasteiger partial charge in [0, 0.05) is 18.5 Å². The maximum absolute atomic E-state index is 13.0. The quantitative estimate of drug-likeness (QED) is 0.896. The molecular weight excluding hydrogens is 307 g/mol. The Morgan fingerprint density at radius 1 is 1.17 bits per heavy atom. The summed E-state index contributed by atoms with van der Waals surface area (Å²) in [5, 5.41) is 3.75. The van der Waals surface area contributed by atoms with Crippen LogP contribution in [-0.4, -0.2) is 55.4 Å². The molecule has 134 valence electrons. The lowest BCUT2D eigenvalue weighted by atomic mass is 9.99. The minimum absolute atomic E-state index is 0.0762. The summed E-state index contributed by atoms with van der Waals surface area (Å²) in [5.74, 6) is 0.491. The van der Waals surface area contributed by atoms with Crippen molar-refractivity contribution in [2.75, 3.05) is 26.3 Å². The molecule has 0 radical (unpaired) electrons. The molecule has 0 unspecified atom stereocenters. The number of hydrogen-bond acceptors (Lipinski definition) is 4. The van der Waals surface area contributed by atoms with Gasteiger partial charge in [0.25, 0.3) is 0 Å². The molecule has 3 rings (SSSR count). The number of nitrogens with zero attached hydrogens (tertiary/aromatic N) is 1. The van der Waals surface area contributed by atoms with Gasteiger partial charge in [-0.1, -0.05) is 0 Å². The first-order valence-corrected chi connectivity index (χ1v) is 9.12. The third-order valence-electron chi connectivity index (χ3n) is 5.10. The van der Waals surface area contributed by atoms with Gasteiger partial charge in [-0.15, -0.1) is 0 Å². The van der Waals surface area contributed by atoms with E-state index in [-0.39, 0.29) is 18.0 Å². The van der Waals surface area contributed by atoms with Gasteiger partial charge in [0.05, 0.1) is 19.3 Å². The Kier molecular flexibility index (Phi) is 6.09. The summed E-state index contributed by atoms with van der Waals surface area (Å²) in [4.78, 5) is 2.53. The molecule has 0 saturated carbocycles. The Labute approximate surface area is 144 Å². The van der Waals surface area contributed by atoms with Crippen molar-refractivity contribution in [3.8, 4) is 5.75 Å². The molecule has 0 aliphatic carbocycles. The van der Waals surface area contributed by atoms with Gasteiger partial charge in [-0.2, -0.15) is 0 Å². The molecule has 0 bridgehead atoms. The van der Waals surface area contributed by atoms with Crippen molar-refractivity contribution in [2.24, 2.45) is 0 Å².